The summed E-state index contributed by atoms with van der Waals surface area (Å²) in [6.07, 6.45) is 11.5. The van der Waals surface area contributed by atoms with Crippen LogP contribution in [0, 0.1) is 11.3 Å². The molecule has 2 amide bonds. The lowest BCUT2D eigenvalue weighted by Crippen LogP contribution is -2.56. The molecule has 1 aliphatic heterocycles. The molecule has 1 heterocycles. The number of nitrogens with zero attached hydrogens (tertiary/aromatic N) is 1. The van der Waals surface area contributed by atoms with Gasteiger partial charge in [-0.3, -0.25) is 14.5 Å². The van der Waals surface area contributed by atoms with Crippen molar-refractivity contribution in [3.63, 3.8) is 0 Å². The van der Waals surface area contributed by atoms with Crippen molar-refractivity contribution in [2.75, 3.05) is 13.1 Å². The largest absolute Gasteiger partial charge is 0.390 e. The molecule has 3 atom stereocenters. The molecule has 0 radical (unpaired) electrons. The van der Waals surface area contributed by atoms with E-state index in [-0.39, 0.29) is 11.9 Å². The van der Waals surface area contributed by atoms with Crippen molar-refractivity contribution in [1.82, 2.24) is 10.2 Å². The second kappa shape index (κ2) is 9.57. The Balaban J connectivity index is 1.61. The predicted molar refractivity (Wildman–Crippen MR) is 109 cm³/mol. The third-order valence-corrected chi connectivity index (χ3v) is 7.55. The number of hydrogen-bond acceptors (Lipinski definition) is 4. The van der Waals surface area contributed by atoms with E-state index in [1.807, 2.05) is 0 Å². The minimum Gasteiger partial charge on any atom is -0.390 e. The topological polar surface area (TPSA) is 95.7 Å². The van der Waals surface area contributed by atoms with Gasteiger partial charge in [0, 0.05) is 19.1 Å². The van der Waals surface area contributed by atoms with Gasteiger partial charge in [0.25, 0.3) is 0 Å². The van der Waals surface area contributed by atoms with Crippen LogP contribution in [-0.4, -0.2) is 53.1 Å². The van der Waals surface area contributed by atoms with Crippen LogP contribution < -0.4 is 11.1 Å². The number of primary amides is 1. The van der Waals surface area contributed by atoms with Crippen LogP contribution in [-0.2, 0) is 9.59 Å². The highest BCUT2D eigenvalue weighted by atomic mass is 16.3. The van der Waals surface area contributed by atoms with Crippen molar-refractivity contribution in [3.05, 3.63) is 0 Å². The van der Waals surface area contributed by atoms with Gasteiger partial charge in [-0.1, -0.05) is 38.5 Å². The Kier molecular flexibility index (Phi) is 7.37. The van der Waals surface area contributed by atoms with Gasteiger partial charge in [-0.05, 0) is 51.4 Å². The molecule has 0 bridgehead atoms. The lowest BCUT2D eigenvalue weighted by atomic mass is 9.72. The summed E-state index contributed by atoms with van der Waals surface area (Å²) in [5.74, 6) is -0.0489. The summed E-state index contributed by atoms with van der Waals surface area (Å²) in [4.78, 5) is 27.6. The summed E-state index contributed by atoms with van der Waals surface area (Å²) >= 11 is 0. The molecule has 3 aliphatic rings. The number of carbonyl (C=O) groups is 2. The minimum atomic E-state index is -1.09. The average molecular weight is 394 g/mol. The third-order valence-electron chi connectivity index (χ3n) is 7.55. The van der Waals surface area contributed by atoms with Gasteiger partial charge in [0.2, 0.25) is 11.8 Å². The number of nitrogens with one attached hydrogen (secondary N) is 1. The van der Waals surface area contributed by atoms with Crippen molar-refractivity contribution >= 4 is 11.8 Å². The van der Waals surface area contributed by atoms with Gasteiger partial charge >= 0.3 is 0 Å². The van der Waals surface area contributed by atoms with Crippen LogP contribution in [0.1, 0.15) is 84.0 Å². The second-order valence-corrected chi connectivity index (χ2v) is 9.54. The highest BCUT2D eigenvalue weighted by Crippen LogP contribution is 2.37. The maximum absolute atomic E-state index is 13.0. The van der Waals surface area contributed by atoms with E-state index in [4.69, 9.17) is 5.73 Å². The van der Waals surface area contributed by atoms with E-state index in [9.17, 15) is 14.7 Å². The SMILES string of the molecule is C[C@@H]1CC[C@H](NC(=O)C2(C(N)=O)CCCCC2)[C@@H](O)CN1CC1CCCCC1. The first kappa shape index (κ1) is 21.6. The van der Waals surface area contributed by atoms with Gasteiger partial charge in [0.1, 0.15) is 5.41 Å². The van der Waals surface area contributed by atoms with Gasteiger partial charge in [0.05, 0.1) is 12.1 Å². The fourth-order valence-electron chi connectivity index (χ4n) is 5.51. The van der Waals surface area contributed by atoms with Gasteiger partial charge in [0.15, 0.2) is 0 Å². The zero-order valence-electron chi connectivity index (χ0n) is 17.5. The number of aliphatic hydroxyl groups is 1. The average Bonchev–Trinajstić information content (AvgIpc) is 2.82. The van der Waals surface area contributed by atoms with Crippen LogP contribution in [0.2, 0.25) is 0 Å². The molecule has 6 nitrogen and oxygen atoms in total. The van der Waals surface area contributed by atoms with Crippen molar-refractivity contribution in [3.8, 4) is 0 Å². The number of amides is 2. The molecule has 160 valence electrons. The zero-order chi connectivity index (χ0) is 20.1. The summed E-state index contributed by atoms with van der Waals surface area (Å²) in [5, 5.41) is 13.9. The standard InChI is InChI=1S/C22H39N3O3/c1-16-10-11-18(19(26)15-25(16)14-17-8-4-2-5-9-17)24-21(28)22(20(23)27)12-6-3-7-13-22/h16-19,26H,2-15H2,1H3,(H2,23,27)(H,24,28)/t16-,18+,19+/m1/s1. The molecule has 28 heavy (non-hydrogen) atoms. The van der Waals surface area contributed by atoms with E-state index in [0.29, 0.717) is 25.4 Å². The van der Waals surface area contributed by atoms with Gasteiger partial charge < -0.3 is 16.2 Å². The third kappa shape index (κ3) is 4.88. The number of hydrogen-bond donors (Lipinski definition) is 3. The van der Waals surface area contributed by atoms with Crippen LogP contribution in [0.4, 0.5) is 0 Å². The predicted octanol–water partition coefficient (Wildman–Crippen LogP) is 2.33. The molecule has 3 fully saturated rings. The molecule has 1 saturated heterocycles. The van der Waals surface area contributed by atoms with E-state index in [2.05, 4.69) is 17.1 Å². The Morgan fingerprint density at radius 2 is 1.68 bits per heavy atom. The Labute approximate surface area is 169 Å². The van der Waals surface area contributed by atoms with Crippen molar-refractivity contribution in [1.29, 1.82) is 0 Å². The molecule has 0 aromatic rings. The first-order valence-electron chi connectivity index (χ1n) is 11.5. The maximum Gasteiger partial charge on any atom is 0.235 e. The first-order valence-corrected chi connectivity index (χ1v) is 11.5. The smallest absolute Gasteiger partial charge is 0.235 e. The number of rotatable bonds is 5. The van der Waals surface area contributed by atoms with Crippen LogP contribution >= 0.6 is 0 Å². The van der Waals surface area contributed by atoms with Gasteiger partial charge in [-0.25, -0.2) is 0 Å². The van der Waals surface area contributed by atoms with Gasteiger partial charge in [-0.15, -0.1) is 0 Å². The fourth-order valence-corrected chi connectivity index (χ4v) is 5.51. The molecular formula is C22H39N3O3. The lowest BCUT2D eigenvalue weighted by molar-refractivity contribution is -0.145. The molecule has 2 saturated carbocycles. The molecule has 0 spiro atoms. The number of aliphatic hydroxyl groups excluding tert-OH is 1. The Morgan fingerprint density at radius 3 is 2.32 bits per heavy atom. The summed E-state index contributed by atoms with van der Waals surface area (Å²) < 4.78 is 0. The first-order chi connectivity index (χ1) is 13.4. The summed E-state index contributed by atoms with van der Waals surface area (Å²) in [6, 6.07) is 0.0997. The van der Waals surface area contributed by atoms with Crippen LogP contribution in [0.25, 0.3) is 0 Å². The molecule has 2 aliphatic carbocycles. The van der Waals surface area contributed by atoms with Gasteiger partial charge in [-0.2, -0.15) is 0 Å². The molecule has 0 unspecified atom stereocenters. The Morgan fingerprint density at radius 1 is 1.04 bits per heavy atom. The van der Waals surface area contributed by atoms with Crippen molar-refractivity contribution < 1.29 is 14.7 Å². The molecule has 4 N–H and O–H groups in total. The minimum absolute atomic E-state index is 0.267. The monoisotopic (exact) mass is 393 g/mol. The van der Waals surface area contributed by atoms with Crippen molar-refractivity contribution in [2.24, 2.45) is 17.1 Å². The molecule has 0 aromatic carbocycles. The number of carbonyl (C=O) groups excluding carboxylic acids is 2. The normalized spacial score (nSPS) is 32.4. The van der Waals surface area contributed by atoms with E-state index in [1.165, 1.54) is 32.1 Å². The summed E-state index contributed by atoms with van der Waals surface area (Å²) in [7, 11) is 0. The lowest BCUT2D eigenvalue weighted by Gasteiger charge is -2.35. The quantitative estimate of drug-likeness (QED) is 0.625. The van der Waals surface area contributed by atoms with E-state index >= 15 is 0 Å². The highest BCUT2D eigenvalue weighted by Gasteiger charge is 2.46. The summed E-state index contributed by atoms with van der Waals surface area (Å²) in [5.41, 5.74) is 4.57. The maximum atomic E-state index is 13.0. The van der Waals surface area contributed by atoms with E-state index in [1.54, 1.807) is 0 Å². The molecule has 3 rings (SSSR count). The Bertz CT molecular complexity index is 541. The second-order valence-electron chi connectivity index (χ2n) is 9.54. The van der Waals surface area contributed by atoms with Crippen LogP contribution in [0.15, 0.2) is 0 Å². The molecular weight excluding hydrogens is 354 g/mol. The fraction of sp³-hybridized carbons (Fsp3) is 0.909. The number of nitrogens with two attached hydrogens (primary N) is 1. The highest BCUT2D eigenvalue weighted by molar-refractivity contribution is 6.04. The Hall–Kier alpha value is -1.14. The van der Waals surface area contributed by atoms with Crippen molar-refractivity contribution in [2.45, 2.75) is 102 Å². The van der Waals surface area contributed by atoms with Crippen LogP contribution in [0.5, 0.6) is 0 Å². The van der Waals surface area contributed by atoms with Crippen LogP contribution in [0.3, 0.4) is 0 Å². The number of likely N-dealkylation sites (tertiary alicyclic amines) is 1. The number of β-amino-alcohol motifs (C(OH)–C–C–N with tert-alkyl or cyclic N) is 1. The van der Waals surface area contributed by atoms with E-state index in [0.717, 1.165) is 44.6 Å². The van der Waals surface area contributed by atoms with E-state index < -0.39 is 17.4 Å². The molecule has 0 aromatic heterocycles. The molecule has 6 heteroatoms. The summed E-state index contributed by atoms with van der Waals surface area (Å²) in [6.45, 7) is 3.86. The zero-order valence-corrected chi connectivity index (χ0v) is 17.5.